The Labute approximate surface area is 192 Å². The van der Waals surface area contributed by atoms with Gasteiger partial charge in [-0.3, -0.25) is 4.57 Å². The van der Waals surface area contributed by atoms with Crippen LogP contribution in [0.3, 0.4) is 0 Å². The van der Waals surface area contributed by atoms with Crippen molar-refractivity contribution >= 4 is 28.4 Å². The third-order valence-corrected chi connectivity index (χ3v) is 5.75. The lowest BCUT2D eigenvalue weighted by Gasteiger charge is -2.28. The molecule has 1 aliphatic heterocycles. The molecule has 0 spiro atoms. The number of anilines is 1. The molecule has 2 heterocycles. The highest BCUT2D eigenvalue weighted by Crippen LogP contribution is 2.33. The Kier molecular flexibility index (Phi) is 5.75. The summed E-state index contributed by atoms with van der Waals surface area (Å²) in [6, 6.07) is 24.2. The van der Waals surface area contributed by atoms with Gasteiger partial charge in [-0.15, -0.1) is 10.2 Å². The molecule has 4 aromatic rings. The minimum atomic E-state index is 0.403. The monoisotopic (exact) mass is 437 g/mol. The molecule has 0 N–H and O–H groups in total. The molecule has 1 fully saturated rings. The third-order valence-electron chi connectivity index (χ3n) is 5.75. The van der Waals surface area contributed by atoms with Crippen molar-refractivity contribution in [3.63, 3.8) is 0 Å². The van der Waals surface area contributed by atoms with Crippen molar-refractivity contribution in [1.29, 1.82) is 5.26 Å². The molecule has 7 nitrogen and oxygen atoms in total. The SMILES string of the molecule is COc1ccc2ccccc2c1/C=C(\C#N)c1nnc(N2CCOCC2)n1-c1ccccc1. The van der Waals surface area contributed by atoms with E-state index in [-0.39, 0.29) is 0 Å². The maximum atomic E-state index is 10.2. The fraction of sp³-hybridized carbons (Fsp3) is 0.192. The van der Waals surface area contributed by atoms with Crippen molar-refractivity contribution in [2.45, 2.75) is 0 Å². The molecule has 0 aliphatic carbocycles. The molecule has 0 unspecified atom stereocenters. The summed E-state index contributed by atoms with van der Waals surface area (Å²) in [7, 11) is 1.64. The summed E-state index contributed by atoms with van der Waals surface area (Å²) in [6.45, 7) is 2.69. The largest absolute Gasteiger partial charge is 0.496 e. The Hall–Kier alpha value is -4.15. The molecule has 164 valence electrons. The number of hydrogen-bond donors (Lipinski definition) is 0. The van der Waals surface area contributed by atoms with Gasteiger partial charge in [0.2, 0.25) is 5.95 Å². The Morgan fingerprint density at radius 3 is 2.52 bits per heavy atom. The summed E-state index contributed by atoms with van der Waals surface area (Å²) >= 11 is 0. The predicted molar refractivity (Wildman–Crippen MR) is 128 cm³/mol. The molecule has 1 saturated heterocycles. The van der Waals surface area contributed by atoms with E-state index in [4.69, 9.17) is 9.47 Å². The Morgan fingerprint density at radius 1 is 1.00 bits per heavy atom. The summed E-state index contributed by atoms with van der Waals surface area (Å²) in [5.74, 6) is 1.88. The van der Waals surface area contributed by atoms with Gasteiger partial charge in [0, 0.05) is 18.7 Å². The quantitative estimate of drug-likeness (QED) is 0.433. The van der Waals surface area contributed by atoms with E-state index in [1.165, 1.54) is 0 Å². The van der Waals surface area contributed by atoms with Crippen LogP contribution in [0.4, 0.5) is 5.95 Å². The predicted octanol–water partition coefficient (Wildman–Crippen LogP) is 4.33. The van der Waals surface area contributed by atoms with Crippen molar-refractivity contribution < 1.29 is 9.47 Å². The number of methoxy groups -OCH3 is 1. The highest BCUT2D eigenvalue weighted by atomic mass is 16.5. The van der Waals surface area contributed by atoms with Crippen LogP contribution in [-0.2, 0) is 4.74 Å². The van der Waals surface area contributed by atoms with Crippen molar-refractivity contribution in [2.24, 2.45) is 0 Å². The molecule has 1 aliphatic rings. The number of allylic oxidation sites excluding steroid dienone is 1. The van der Waals surface area contributed by atoms with Gasteiger partial charge in [0.25, 0.3) is 0 Å². The molecule has 0 bridgehead atoms. The molecular formula is C26H23N5O2. The lowest BCUT2D eigenvalue weighted by atomic mass is 10.0. The number of aromatic nitrogens is 3. The van der Waals surface area contributed by atoms with E-state index < -0.39 is 0 Å². The number of ether oxygens (including phenoxy) is 2. The Bertz CT molecular complexity index is 1350. The molecule has 0 radical (unpaired) electrons. The van der Waals surface area contributed by atoms with Crippen LogP contribution < -0.4 is 9.64 Å². The van der Waals surface area contributed by atoms with Crippen molar-refractivity contribution in [3.8, 4) is 17.5 Å². The van der Waals surface area contributed by atoms with Crippen molar-refractivity contribution in [1.82, 2.24) is 14.8 Å². The standard InChI is InChI=1S/C26H23N5O2/c1-32-24-12-11-19-7-5-6-10-22(19)23(24)17-20(18-27)25-28-29-26(30-13-15-33-16-14-30)31(25)21-8-3-2-4-9-21/h2-12,17H,13-16H2,1H3/b20-17+. The van der Waals surface area contributed by atoms with Crippen LogP contribution in [0.15, 0.2) is 66.7 Å². The first-order valence-corrected chi connectivity index (χ1v) is 10.8. The zero-order chi connectivity index (χ0) is 22.6. The first-order valence-electron chi connectivity index (χ1n) is 10.8. The molecule has 7 heteroatoms. The first kappa shape index (κ1) is 20.7. The summed E-state index contributed by atoms with van der Waals surface area (Å²) in [5.41, 5.74) is 2.13. The zero-order valence-electron chi connectivity index (χ0n) is 18.3. The van der Waals surface area contributed by atoms with Gasteiger partial charge in [0.05, 0.1) is 31.6 Å². The Balaban J connectivity index is 1.71. The zero-order valence-corrected chi connectivity index (χ0v) is 18.3. The summed E-state index contributed by atoms with van der Waals surface area (Å²) in [6.07, 6.45) is 1.84. The normalized spacial score (nSPS) is 14.3. The number of benzene rings is 3. The number of nitrogens with zero attached hydrogens (tertiary/aromatic N) is 5. The smallest absolute Gasteiger partial charge is 0.232 e. The van der Waals surface area contributed by atoms with E-state index in [9.17, 15) is 5.26 Å². The number of fused-ring (bicyclic) bond motifs is 1. The fourth-order valence-electron chi connectivity index (χ4n) is 4.13. The minimum Gasteiger partial charge on any atom is -0.496 e. The van der Waals surface area contributed by atoms with Gasteiger partial charge in [-0.05, 0) is 35.0 Å². The second-order valence-electron chi connectivity index (χ2n) is 7.67. The molecule has 33 heavy (non-hydrogen) atoms. The fourth-order valence-corrected chi connectivity index (χ4v) is 4.13. The van der Waals surface area contributed by atoms with Crippen LogP contribution in [-0.4, -0.2) is 48.2 Å². The number of rotatable bonds is 5. The second-order valence-corrected chi connectivity index (χ2v) is 7.67. The highest BCUT2D eigenvalue weighted by Gasteiger charge is 2.23. The maximum Gasteiger partial charge on any atom is 0.232 e. The van der Waals surface area contributed by atoms with Crippen LogP contribution >= 0.6 is 0 Å². The van der Waals surface area contributed by atoms with Gasteiger partial charge in [-0.1, -0.05) is 48.5 Å². The average molecular weight is 438 g/mol. The number of hydrogen-bond acceptors (Lipinski definition) is 6. The first-order chi connectivity index (χ1) is 16.3. The van der Waals surface area contributed by atoms with Gasteiger partial charge >= 0.3 is 0 Å². The third kappa shape index (κ3) is 3.93. The molecule has 1 aromatic heterocycles. The van der Waals surface area contributed by atoms with Crippen LogP contribution in [0.5, 0.6) is 5.75 Å². The van der Waals surface area contributed by atoms with Gasteiger partial charge in [-0.2, -0.15) is 5.26 Å². The molecule has 3 aromatic carbocycles. The number of morpholine rings is 1. The van der Waals surface area contributed by atoms with E-state index in [0.29, 0.717) is 49.4 Å². The lowest BCUT2D eigenvalue weighted by molar-refractivity contribution is 0.122. The Morgan fingerprint density at radius 2 is 1.76 bits per heavy atom. The van der Waals surface area contributed by atoms with E-state index in [1.807, 2.05) is 77.4 Å². The van der Waals surface area contributed by atoms with Crippen molar-refractivity contribution in [2.75, 3.05) is 38.3 Å². The molecular weight excluding hydrogens is 414 g/mol. The number of nitriles is 1. The average Bonchev–Trinajstić information content (AvgIpc) is 3.33. The molecule has 0 atom stereocenters. The topological polar surface area (TPSA) is 76.2 Å². The molecule has 5 rings (SSSR count). The van der Waals surface area contributed by atoms with E-state index in [2.05, 4.69) is 21.2 Å². The molecule has 0 amide bonds. The van der Waals surface area contributed by atoms with Gasteiger partial charge in [0.15, 0.2) is 5.82 Å². The van der Waals surface area contributed by atoms with E-state index in [0.717, 1.165) is 22.0 Å². The molecule has 0 saturated carbocycles. The van der Waals surface area contributed by atoms with Crippen LogP contribution in [0, 0.1) is 11.3 Å². The summed E-state index contributed by atoms with van der Waals surface area (Å²) in [4.78, 5) is 2.14. The lowest BCUT2D eigenvalue weighted by Crippen LogP contribution is -2.38. The maximum absolute atomic E-state index is 10.2. The number of para-hydroxylation sites is 1. The highest BCUT2D eigenvalue weighted by molar-refractivity contribution is 5.99. The van der Waals surface area contributed by atoms with Gasteiger partial charge < -0.3 is 14.4 Å². The minimum absolute atomic E-state index is 0.403. The second kappa shape index (κ2) is 9.15. The van der Waals surface area contributed by atoms with Crippen LogP contribution in [0.25, 0.3) is 28.1 Å². The summed E-state index contributed by atoms with van der Waals surface area (Å²) < 4.78 is 13.1. The van der Waals surface area contributed by atoms with E-state index in [1.54, 1.807) is 7.11 Å². The van der Waals surface area contributed by atoms with Crippen molar-refractivity contribution in [3.05, 3.63) is 78.1 Å². The van der Waals surface area contributed by atoms with Gasteiger partial charge in [-0.25, -0.2) is 0 Å². The van der Waals surface area contributed by atoms with Gasteiger partial charge in [0.1, 0.15) is 11.8 Å². The van der Waals surface area contributed by atoms with Crippen LogP contribution in [0.2, 0.25) is 0 Å². The van der Waals surface area contributed by atoms with E-state index >= 15 is 0 Å². The summed E-state index contributed by atoms with van der Waals surface area (Å²) in [5, 5.41) is 21.2. The van der Waals surface area contributed by atoms with Crippen LogP contribution in [0.1, 0.15) is 11.4 Å².